The number of sulfonamides is 1. The molecule has 11 heteroatoms. The summed E-state index contributed by atoms with van der Waals surface area (Å²) < 4.78 is 40.0. The number of hydrogen-bond donors (Lipinski definition) is 1. The van der Waals surface area contributed by atoms with E-state index in [1.54, 1.807) is 55.5 Å². The van der Waals surface area contributed by atoms with Gasteiger partial charge in [0, 0.05) is 24.7 Å². The van der Waals surface area contributed by atoms with Gasteiger partial charge in [0.05, 0.1) is 24.8 Å². The summed E-state index contributed by atoms with van der Waals surface area (Å²) in [6.45, 7) is 3.01. The molecule has 0 bridgehead atoms. The van der Waals surface area contributed by atoms with Crippen molar-refractivity contribution in [1.82, 2.24) is 10.2 Å². The first-order valence-electron chi connectivity index (χ1n) is 12.6. The van der Waals surface area contributed by atoms with Crippen LogP contribution in [0, 0.1) is 6.92 Å². The first-order valence-corrected chi connectivity index (χ1v) is 14.4. The van der Waals surface area contributed by atoms with Gasteiger partial charge in [-0.25, -0.2) is 8.42 Å². The van der Waals surface area contributed by atoms with E-state index in [-0.39, 0.29) is 28.8 Å². The molecular weight excluding hydrogens is 554 g/mol. The fourth-order valence-corrected chi connectivity index (χ4v) is 5.85. The molecule has 0 radical (unpaired) electrons. The number of rotatable bonds is 12. The van der Waals surface area contributed by atoms with E-state index in [0.717, 1.165) is 9.87 Å². The van der Waals surface area contributed by atoms with Crippen LogP contribution in [0.4, 0.5) is 5.69 Å². The van der Waals surface area contributed by atoms with Crippen LogP contribution in [-0.2, 0) is 26.2 Å². The van der Waals surface area contributed by atoms with Gasteiger partial charge in [0.25, 0.3) is 10.0 Å². The number of ether oxygens (including phenoxy) is 2. The molecule has 0 saturated carbocycles. The Bertz CT molecular complexity index is 1450. The number of benzene rings is 3. The summed E-state index contributed by atoms with van der Waals surface area (Å²) in [6.07, 6.45) is 0.295. The summed E-state index contributed by atoms with van der Waals surface area (Å²) in [7, 11) is 0.0753. The average molecular weight is 588 g/mol. The van der Waals surface area contributed by atoms with Gasteiger partial charge in [0.15, 0.2) is 0 Å². The Morgan fingerprint density at radius 3 is 2.25 bits per heavy atom. The Balaban J connectivity index is 2.16. The van der Waals surface area contributed by atoms with Crippen LogP contribution in [0.15, 0.2) is 71.6 Å². The summed E-state index contributed by atoms with van der Waals surface area (Å²) in [5, 5.41) is 3.02. The van der Waals surface area contributed by atoms with Crippen molar-refractivity contribution < 1.29 is 27.5 Å². The van der Waals surface area contributed by atoms with Gasteiger partial charge in [0.1, 0.15) is 24.1 Å². The number of nitrogens with zero attached hydrogens (tertiary/aromatic N) is 2. The first kappa shape index (κ1) is 30.8. The number of aryl methyl sites for hydroxylation is 1. The molecular formula is C29H34ClN3O6S. The predicted molar refractivity (Wildman–Crippen MR) is 155 cm³/mol. The highest BCUT2D eigenvalue weighted by molar-refractivity contribution is 7.92. The van der Waals surface area contributed by atoms with Crippen LogP contribution in [-0.4, -0.2) is 59.0 Å². The molecule has 9 nitrogen and oxygen atoms in total. The van der Waals surface area contributed by atoms with Crippen molar-refractivity contribution >= 4 is 39.1 Å². The van der Waals surface area contributed by atoms with E-state index in [4.69, 9.17) is 21.1 Å². The largest absolute Gasteiger partial charge is 0.497 e. The minimum Gasteiger partial charge on any atom is -0.497 e. The molecule has 1 unspecified atom stereocenters. The zero-order valence-corrected chi connectivity index (χ0v) is 24.8. The maximum Gasteiger partial charge on any atom is 0.264 e. The zero-order valence-electron chi connectivity index (χ0n) is 23.2. The Morgan fingerprint density at radius 2 is 1.68 bits per heavy atom. The van der Waals surface area contributed by atoms with E-state index in [1.807, 2.05) is 6.92 Å². The molecule has 0 saturated heterocycles. The summed E-state index contributed by atoms with van der Waals surface area (Å²) in [6, 6.07) is 17.1. The molecule has 0 spiro atoms. The SMILES string of the molecule is CCC(C(=O)NC)N(Cc1ccccc1Cl)C(=O)CN(c1cc(OC)ccc1OC)S(=O)(=O)c1ccc(C)cc1. The van der Waals surface area contributed by atoms with Crippen LogP contribution < -0.4 is 19.1 Å². The van der Waals surface area contributed by atoms with Crippen LogP contribution in [0.25, 0.3) is 0 Å². The molecule has 0 aliphatic carbocycles. The molecule has 40 heavy (non-hydrogen) atoms. The molecule has 1 atom stereocenters. The second kappa shape index (κ2) is 13.5. The van der Waals surface area contributed by atoms with E-state index in [9.17, 15) is 18.0 Å². The van der Waals surface area contributed by atoms with Crippen LogP contribution in [0.3, 0.4) is 0 Å². The third kappa shape index (κ3) is 6.86. The molecule has 1 N–H and O–H groups in total. The van der Waals surface area contributed by atoms with Gasteiger partial charge in [-0.3, -0.25) is 13.9 Å². The molecule has 0 aliphatic rings. The van der Waals surface area contributed by atoms with E-state index < -0.39 is 28.5 Å². The predicted octanol–water partition coefficient (Wildman–Crippen LogP) is 4.41. The second-order valence-corrected chi connectivity index (χ2v) is 11.3. The number of carbonyl (C=O) groups is 2. The highest BCUT2D eigenvalue weighted by Gasteiger charge is 2.35. The zero-order chi connectivity index (χ0) is 29.4. The molecule has 0 aliphatic heterocycles. The van der Waals surface area contributed by atoms with Gasteiger partial charge >= 0.3 is 0 Å². The molecule has 0 aromatic heterocycles. The lowest BCUT2D eigenvalue weighted by atomic mass is 10.1. The number of nitrogens with one attached hydrogen (secondary N) is 1. The number of anilines is 1. The van der Waals surface area contributed by atoms with Crippen LogP contribution >= 0.6 is 11.6 Å². The molecule has 3 aromatic carbocycles. The summed E-state index contributed by atoms with van der Waals surface area (Å²) in [5.74, 6) is -0.386. The molecule has 0 fully saturated rings. The number of carbonyl (C=O) groups excluding carboxylic acids is 2. The highest BCUT2D eigenvalue weighted by atomic mass is 35.5. The summed E-state index contributed by atoms with van der Waals surface area (Å²) in [4.78, 5) is 28.3. The Hall–Kier alpha value is -3.76. The van der Waals surface area contributed by atoms with E-state index in [2.05, 4.69) is 5.32 Å². The van der Waals surface area contributed by atoms with Crippen molar-refractivity contribution in [2.24, 2.45) is 0 Å². The Morgan fingerprint density at radius 1 is 1.00 bits per heavy atom. The Kier molecular flexibility index (Phi) is 10.4. The minimum atomic E-state index is -4.27. The van der Waals surface area contributed by atoms with Gasteiger partial charge in [-0.1, -0.05) is 54.4 Å². The number of amides is 2. The smallest absolute Gasteiger partial charge is 0.264 e. The lowest BCUT2D eigenvalue weighted by Crippen LogP contribution is -2.51. The fraction of sp³-hybridized carbons (Fsp3) is 0.310. The lowest BCUT2D eigenvalue weighted by molar-refractivity contribution is -0.140. The Labute approximate surface area is 240 Å². The van der Waals surface area contributed by atoms with Gasteiger partial charge in [-0.2, -0.15) is 0 Å². The summed E-state index contributed by atoms with van der Waals surface area (Å²) >= 11 is 6.40. The van der Waals surface area contributed by atoms with Gasteiger partial charge in [0.2, 0.25) is 11.8 Å². The van der Waals surface area contributed by atoms with Gasteiger partial charge in [-0.05, 0) is 49.2 Å². The summed E-state index contributed by atoms with van der Waals surface area (Å²) in [5.41, 5.74) is 1.61. The molecule has 3 rings (SSSR count). The van der Waals surface area contributed by atoms with E-state index >= 15 is 0 Å². The first-order chi connectivity index (χ1) is 19.1. The van der Waals surface area contributed by atoms with E-state index in [1.165, 1.54) is 44.4 Å². The fourth-order valence-electron chi connectivity index (χ4n) is 4.24. The third-order valence-electron chi connectivity index (χ3n) is 6.47. The van der Waals surface area contributed by atoms with Crippen molar-refractivity contribution in [2.45, 2.75) is 37.8 Å². The van der Waals surface area contributed by atoms with Crippen LogP contribution in [0.1, 0.15) is 24.5 Å². The average Bonchev–Trinajstić information content (AvgIpc) is 2.96. The molecule has 3 aromatic rings. The monoisotopic (exact) mass is 587 g/mol. The van der Waals surface area contributed by atoms with Crippen LogP contribution in [0.2, 0.25) is 5.02 Å². The van der Waals surface area contributed by atoms with Crippen molar-refractivity contribution in [2.75, 3.05) is 32.1 Å². The van der Waals surface area contributed by atoms with Gasteiger partial charge < -0.3 is 19.7 Å². The normalized spacial score (nSPS) is 11.8. The number of methoxy groups -OCH3 is 2. The topological polar surface area (TPSA) is 105 Å². The minimum absolute atomic E-state index is 0.00189. The highest BCUT2D eigenvalue weighted by Crippen LogP contribution is 2.36. The number of hydrogen-bond acceptors (Lipinski definition) is 6. The standard InChI is InChI=1S/C29H34ClN3O6S/c1-6-25(29(35)31-3)32(18-21-9-7-8-10-24(21)30)28(34)19-33(26-17-22(38-4)13-16-27(26)39-5)40(36,37)23-14-11-20(2)12-15-23/h7-17,25H,6,18-19H2,1-5H3,(H,31,35). The number of halogens is 1. The van der Waals surface area contributed by atoms with E-state index in [0.29, 0.717) is 22.8 Å². The molecule has 214 valence electrons. The number of likely N-dealkylation sites (N-methyl/N-ethyl adjacent to an activating group) is 1. The quantitative estimate of drug-likeness (QED) is 0.336. The van der Waals surface area contributed by atoms with Crippen molar-refractivity contribution in [3.63, 3.8) is 0 Å². The molecule has 0 heterocycles. The second-order valence-electron chi connectivity index (χ2n) is 9.01. The maximum absolute atomic E-state index is 14.1. The van der Waals surface area contributed by atoms with Crippen LogP contribution in [0.5, 0.6) is 11.5 Å². The van der Waals surface area contributed by atoms with Crippen molar-refractivity contribution in [3.8, 4) is 11.5 Å². The van der Waals surface area contributed by atoms with Crippen molar-refractivity contribution in [3.05, 3.63) is 82.9 Å². The lowest BCUT2D eigenvalue weighted by Gasteiger charge is -2.33. The van der Waals surface area contributed by atoms with Gasteiger partial charge in [-0.15, -0.1) is 0 Å². The molecule has 2 amide bonds. The van der Waals surface area contributed by atoms with Crippen molar-refractivity contribution in [1.29, 1.82) is 0 Å². The third-order valence-corrected chi connectivity index (χ3v) is 8.62. The maximum atomic E-state index is 14.1.